The molecule has 0 amide bonds. The fraction of sp³-hybridized carbons (Fsp3) is 0.429. The van der Waals surface area contributed by atoms with E-state index in [2.05, 4.69) is 49.2 Å². The van der Waals surface area contributed by atoms with Crippen LogP contribution in [-0.2, 0) is 4.74 Å². The molecule has 4 heterocycles. The van der Waals surface area contributed by atoms with Gasteiger partial charge in [0.15, 0.2) is 0 Å². The van der Waals surface area contributed by atoms with Gasteiger partial charge in [-0.15, -0.1) is 0 Å². The van der Waals surface area contributed by atoms with Crippen LogP contribution in [0.5, 0.6) is 0 Å². The number of halogens is 1. The van der Waals surface area contributed by atoms with Gasteiger partial charge < -0.3 is 34.7 Å². The standard InChI is InChI=1S/C28H34ClN7O2/c1-34-9-11-35(12-10-34)8-2-7-30-26-21-5-3-19(29)17-23(21)33-28(37)25(26)27-31-22-6-4-20(18-24(22)32-27)36-13-15-38-16-14-36/h3-6,17-18H,2,7-16H2,1H3,(H,31,32)(H2,30,33,37). The molecule has 0 saturated carbocycles. The van der Waals surface area contributed by atoms with Gasteiger partial charge in [0.2, 0.25) is 0 Å². The number of fused-ring (bicyclic) bond motifs is 2. The van der Waals surface area contributed by atoms with E-state index in [1.165, 1.54) is 0 Å². The van der Waals surface area contributed by atoms with Gasteiger partial charge in [-0.2, -0.15) is 0 Å². The van der Waals surface area contributed by atoms with Crippen molar-refractivity contribution < 1.29 is 4.74 Å². The number of aromatic amines is 2. The largest absolute Gasteiger partial charge is 0.384 e. The Labute approximate surface area is 226 Å². The molecule has 3 N–H and O–H groups in total. The Morgan fingerprint density at radius 3 is 2.63 bits per heavy atom. The summed E-state index contributed by atoms with van der Waals surface area (Å²) < 4.78 is 5.50. The third-order valence-corrected chi connectivity index (χ3v) is 7.84. The number of ether oxygens (including phenoxy) is 1. The van der Waals surface area contributed by atoms with Crippen LogP contribution in [0.3, 0.4) is 0 Å². The lowest BCUT2D eigenvalue weighted by atomic mass is 10.1. The summed E-state index contributed by atoms with van der Waals surface area (Å²) in [4.78, 5) is 31.9. The molecular weight excluding hydrogens is 502 g/mol. The Hall–Kier alpha value is -3.11. The number of H-pyrrole nitrogens is 2. The molecule has 2 fully saturated rings. The van der Waals surface area contributed by atoms with Crippen LogP contribution in [0.15, 0.2) is 41.2 Å². The van der Waals surface area contributed by atoms with Gasteiger partial charge in [0.25, 0.3) is 5.56 Å². The van der Waals surface area contributed by atoms with Crippen LogP contribution >= 0.6 is 11.6 Å². The maximum absolute atomic E-state index is 13.4. The first-order valence-corrected chi connectivity index (χ1v) is 13.8. The summed E-state index contributed by atoms with van der Waals surface area (Å²) in [6.45, 7) is 9.37. The molecule has 2 aromatic heterocycles. The van der Waals surface area contributed by atoms with Crippen molar-refractivity contribution in [3.05, 3.63) is 51.8 Å². The van der Waals surface area contributed by atoms with E-state index in [4.69, 9.17) is 21.3 Å². The first-order chi connectivity index (χ1) is 18.5. The highest BCUT2D eigenvalue weighted by molar-refractivity contribution is 6.31. The Morgan fingerprint density at radius 2 is 1.82 bits per heavy atom. The van der Waals surface area contributed by atoms with Crippen LogP contribution in [0.1, 0.15) is 6.42 Å². The molecule has 2 aliphatic heterocycles. The highest BCUT2D eigenvalue weighted by Crippen LogP contribution is 2.32. The number of likely N-dealkylation sites (N-methyl/N-ethyl adjacent to an activating group) is 1. The molecule has 0 spiro atoms. The van der Waals surface area contributed by atoms with E-state index in [0.29, 0.717) is 21.9 Å². The maximum Gasteiger partial charge on any atom is 0.261 e. The van der Waals surface area contributed by atoms with Gasteiger partial charge in [-0.3, -0.25) is 4.79 Å². The molecule has 0 aliphatic carbocycles. The molecule has 9 nitrogen and oxygen atoms in total. The van der Waals surface area contributed by atoms with Crippen molar-refractivity contribution >= 4 is 44.9 Å². The molecule has 10 heteroatoms. The molecule has 4 aromatic rings. The number of hydrogen-bond donors (Lipinski definition) is 3. The van der Waals surface area contributed by atoms with E-state index in [1.807, 2.05) is 18.2 Å². The minimum absolute atomic E-state index is 0.200. The minimum atomic E-state index is -0.200. The Kier molecular flexibility index (Phi) is 7.25. The lowest BCUT2D eigenvalue weighted by Crippen LogP contribution is -2.44. The summed E-state index contributed by atoms with van der Waals surface area (Å²) in [5.74, 6) is 0.554. The Bertz CT molecular complexity index is 1490. The number of piperazine rings is 1. The third-order valence-electron chi connectivity index (χ3n) is 7.60. The zero-order valence-electron chi connectivity index (χ0n) is 21.7. The topological polar surface area (TPSA) is 92.5 Å². The lowest BCUT2D eigenvalue weighted by molar-refractivity contribution is 0.122. The molecule has 2 saturated heterocycles. The summed E-state index contributed by atoms with van der Waals surface area (Å²) in [6, 6.07) is 11.8. The number of rotatable bonds is 7. The van der Waals surface area contributed by atoms with Crippen LogP contribution in [0.25, 0.3) is 33.3 Å². The van der Waals surface area contributed by atoms with Crippen molar-refractivity contribution in [3.63, 3.8) is 0 Å². The summed E-state index contributed by atoms with van der Waals surface area (Å²) >= 11 is 6.25. The second-order valence-electron chi connectivity index (χ2n) is 10.2. The molecule has 0 radical (unpaired) electrons. The number of benzene rings is 2. The fourth-order valence-electron chi connectivity index (χ4n) is 5.40. The molecular formula is C28H34ClN7O2. The van der Waals surface area contributed by atoms with E-state index >= 15 is 0 Å². The van der Waals surface area contributed by atoms with Crippen LogP contribution in [0, 0.1) is 0 Å². The van der Waals surface area contributed by atoms with Gasteiger partial charge in [-0.05, 0) is 56.4 Å². The molecule has 200 valence electrons. The molecule has 0 unspecified atom stereocenters. The molecule has 2 aliphatic rings. The normalized spacial score (nSPS) is 17.5. The van der Waals surface area contributed by atoms with Crippen molar-refractivity contribution in [1.82, 2.24) is 24.8 Å². The number of pyridine rings is 1. The highest BCUT2D eigenvalue weighted by atomic mass is 35.5. The van der Waals surface area contributed by atoms with Gasteiger partial charge in [-0.25, -0.2) is 4.98 Å². The van der Waals surface area contributed by atoms with Gasteiger partial charge in [0.1, 0.15) is 11.4 Å². The molecule has 0 atom stereocenters. The number of anilines is 2. The molecule has 2 aromatic carbocycles. The summed E-state index contributed by atoms with van der Waals surface area (Å²) in [7, 11) is 2.17. The average Bonchev–Trinajstić information content (AvgIpc) is 3.35. The van der Waals surface area contributed by atoms with Crippen molar-refractivity contribution in [2.24, 2.45) is 0 Å². The van der Waals surface area contributed by atoms with E-state index in [-0.39, 0.29) is 5.56 Å². The number of hydrogen-bond acceptors (Lipinski definition) is 7. The highest BCUT2D eigenvalue weighted by Gasteiger charge is 2.20. The molecule has 0 bridgehead atoms. The Balaban J connectivity index is 1.31. The van der Waals surface area contributed by atoms with Crippen LogP contribution in [0.2, 0.25) is 5.02 Å². The van der Waals surface area contributed by atoms with Crippen molar-refractivity contribution in [2.45, 2.75) is 6.42 Å². The van der Waals surface area contributed by atoms with Crippen LogP contribution < -0.4 is 15.8 Å². The second kappa shape index (κ2) is 10.9. The molecule has 38 heavy (non-hydrogen) atoms. The number of nitrogens with zero attached hydrogens (tertiary/aromatic N) is 4. The van der Waals surface area contributed by atoms with Crippen molar-refractivity contribution in [2.75, 3.05) is 82.8 Å². The zero-order chi connectivity index (χ0) is 26.1. The van der Waals surface area contributed by atoms with Crippen LogP contribution in [0.4, 0.5) is 11.4 Å². The average molecular weight is 536 g/mol. The maximum atomic E-state index is 13.4. The van der Waals surface area contributed by atoms with E-state index in [1.54, 1.807) is 6.07 Å². The third kappa shape index (κ3) is 5.24. The van der Waals surface area contributed by atoms with Crippen molar-refractivity contribution in [3.8, 4) is 11.4 Å². The number of morpholine rings is 1. The van der Waals surface area contributed by atoms with Gasteiger partial charge in [0, 0.05) is 61.9 Å². The number of aromatic nitrogens is 3. The Morgan fingerprint density at radius 1 is 1.00 bits per heavy atom. The smallest absolute Gasteiger partial charge is 0.261 e. The monoisotopic (exact) mass is 535 g/mol. The zero-order valence-corrected chi connectivity index (χ0v) is 22.5. The minimum Gasteiger partial charge on any atom is -0.384 e. The van der Waals surface area contributed by atoms with E-state index in [0.717, 1.165) is 99.8 Å². The van der Waals surface area contributed by atoms with Crippen molar-refractivity contribution in [1.29, 1.82) is 0 Å². The summed E-state index contributed by atoms with van der Waals surface area (Å²) in [6.07, 6.45) is 0.980. The molecule has 6 rings (SSSR count). The lowest BCUT2D eigenvalue weighted by Gasteiger charge is -2.32. The van der Waals surface area contributed by atoms with E-state index in [9.17, 15) is 4.79 Å². The SMILES string of the molecule is CN1CCN(CCCNc2c(-c3nc4ccc(N5CCOCC5)cc4[nH]3)c(=O)[nH]c3cc(Cl)ccc23)CC1. The fourth-order valence-corrected chi connectivity index (χ4v) is 5.57. The van der Waals surface area contributed by atoms with Gasteiger partial charge >= 0.3 is 0 Å². The van der Waals surface area contributed by atoms with Gasteiger partial charge in [0.05, 0.1) is 35.5 Å². The quantitative estimate of drug-likeness (QED) is 0.311. The predicted octanol–water partition coefficient (Wildman–Crippen LogP) is 3.61. The number of nitrogens with one attached hydrogen (secondary N) is 3. The summed E-state index contributed by atoms with van der Waals surface area (Å²) in [5.41, 5.74) is 4.66. The van der Waals surface area contributed by atoms with Crippen LogP contribution in [-0.4, -0.2) is 97.4 Å². The number of imidazole rings is 1. The predicted molar refractivity (Wildman–Crippen MR) is 155 cm³/mol. The van der Waals surface area contributed by atoms with E-state index < -0.39 is 0 Å². The first-order valence-electron chi connectivity index (χ1n) is 13.4. The second-order valence-corrected chi connectivity index (χ2v) is 10.6. The van der Waals surface area contributed by atoms with Gasteiger partial charge in [-0.1, -0.05) is 11.6 Å². The summed E-state index contributed by atoms with van der Waals surface area (Å²) in [5, 5.41) is 5.09. The first kappa shape index (κ1) is 25.2.